The number of halogens is 1. The van der Waals surface area contributed by atoms with Crippen LogP contribution in [0.4, 0.5) is 10.5 Å². The van der Waals surface area contributed by atoms with Gasteiger partial charge in [-0.2, -0.15) is 0 Å². The minimum Gasteiger partial charge on any atom is -0.443 e. The van der Waals surface area contributed by atoms with Gasteiger partial charge in [-0.15, -0.1) is 0 Å². The van der Waals surface area contributed by atoms with Crippen LogP contribution in [0.2, 0.25) is 5.02 Å². The highest BCUT2D eigenvalue weighted by molar-refractivity contribution is 7.89. The molecule has 0 bridgehead atoms. The van der Waals surface area contributed by atoms with Crippen LogP contribution >= 0.6 is 11.6 Å². The van der Waals surface area contributed by atoms with E-state index in [0.29, 0.717) is 5.02 Å². The molecule has 1 atom stereocenters. The van der Waals surface area contributed by atoms with Crippen molar-refractivity contribution in [1.29, 1.82) is 0 Å². The minimum atomic E-state index is -3.72. The van der Waals surface area contributed by atoms with Gasteiger partial charge in [-0.25, -0.2) is 17.9 Å². The zero-order chi connectivity index (χ0) is 18.0. The van der Waals surface area contributed by atoms with Crippen molar-refractivity contribution in [2.45, 2.75) is 17.9 Å². The van der Waals surface area contributed by atoms with Crippen molar-refractivity contribution in [2.24, 2.45) is 0 Å². The number of hydrogen-bond donors (Lipinski definition) is 1. The topological polar surface area (TPSA) is 75.7 Å². The molecule has 8 heteroatoms. The first-order chi connectivity index (χ1) is 11.8. The Morgan fingerprint density at radius 2 is 1.96 bits per heavy atom. The molecule has 1 N–H and O–H groups in total. The largest absolute Gasteiger partial charge is 0.443 e. The number of nitrogens with zero attached hydrogens (tertiary/aromatic N) is 1. The monoisotopic (exact) mass is 380 g/mol. The Hall–Kier alpha value is -2.09. The lowest BCUT2D eigenvalue weighted by atomic mass is 10.2. The van der Waals surface area contributed by atoms with E-state index in [0.717, 1.165) is 11.3 Å². The smallest absolute Gasteiger partial charge is 0.414 e. The molecule has 0 spiro atoms. The lowest BCUT2D eigenvalue weighted by Gasteiger charge is -2.13. The van der Waals surface area contributed by atoms with Crippen LogP contribution in [0.15, 0.2) is 53.4 Å². The lowest BCUT2D eigenvalue weighted by Crippen LogP contribution is -2.34. The summed E-state index contributed by atoms with van der Waals surface area (Å²) in [4.78, 5) is 13.6. The summed E-state index contributed by atoms with van der Waals surface area (Å²) in [5, 5.41) is 0.334. The summed E-state index contributed by atoms with van der Waals surface area (Å²) in [6.45, 7) is 2.22. The molecule has 0 aliphatic carbocycles. The molecule has 1 fully saturated rings. The van der Waals surface area contributed by atoms with Crippen LogP contribution in [-0.2, 0) is 14.8 Å². The number of carbonyl (C=O) groups is 1. The average Bonchev–Trinajstić information content (AvgIpc) is 2.95. The summed E-state index contributed by atoms with van der Waals surface area (Å²) in [5.41, 5.74) is 1.80. The van der Waals surface area contributed by atoms with Crippen molar-refractivity contribution in [1.82, 2.24) is 4.72 Å². The summed E-state index contributed by atoms with van der Waals surface area (Å²) in [7, 11) is -3.72. The number of rotatable bonds is 5. The molecule has 2 aromatic rings. The van der Waals surface area contributed by atoms with E-state index in [9.17, 15) is 13.2 Å². The molecule has 1 aliphatic rings. The number of nitrogens with one attached hydrogen (secondary N) is 1. The highest BCUT2D eigenvalue weighted by Gasteiger charge is 2.33. The van der Waals surface area contributed by atoms with Gasteiger partial charge in [0, 0.05) is 17.3 Å². The van der Waals surface area contributed by atoms with Gasteiger partial charge in [-0.3, -0.25) is 4.90 Å². The maximum Gasteiger partial charge on any atom is 0.414 e. The van der Waals surface area contributed by atoms with Crippen molar-refractivity contribution in [2.75, 3.05) is 18.0 Å². The summed E-state index contributed by atoms with van der Waals surface area (Å²) in [6.07, 6.45) is -1.06. The molecule has 25 heavy (non-hydrogen) atoms. The quantitative estimate of drug-likeness (QED) is 0.865. The van der Waals surface area contributed by atoms with Crippen LogP contribution in [0.1, 0.15) is 5.56 Å². The van der Waals surface area contributed by atoms with E-state index >= 15 is 0 Å². The molecule has 0 saturated carbocycles. The third-order valence-electron chi connectivity index (χ3n) is 3.83. The van der Waals surface area contributed by atoms with Gasteiger partial charge in [-0.1, -0.05) is 35.4 Å². The Morgan fingerprint density at radius 3 is 2.64 bits per heavy atom. The first-order valence-electron chi connectivity index (χ1n) is 7.65. The van der Waals surface area contributed by atoms with Crippen LogP contribution in [-0.4, -0.2) is 33.7 Å². The first kappa shape index (κ1) is 17.7. The Bertz CT molecular complexity index is 884. The molecule has 6 nitrogen and oxygen atoms in total. The number of ether oxygens (including phenoxy) is 1. The standard InChI is InChI=1S/C17H17ClN2O4S/c1-12-5-7-14(8-6-12)20-11-15(24-17(20)21)10-19-25(22,23)16-4-2-3-13(18)9-16/h2-9,15,19H,10-11H2,1H3. The Labute approximate surface area is 151 Å². The maximum absolute atomic E-state index is 12.3. The second kappa shape index (κ2) is 7.03. The highest BCUT2D eigenvalue weighted by atomic mass is 35.5. The highest BCUT2D eigenvalue weighted by Crippen LogP contribution is 2.22. The fourth-order valence-electron chi connectivity index (χ4n) is 2.48. The van der Waals surface area contributed by atoms with E-state index < -0.39 is 22.2 Å². The second-order valence-electron chi connectivity index (χ2n) is 5.76. The number of aryl methyl sites for hydroxylation is 1. The normalized spacial score (nSPS) is 17.6. The van der Waals surface area contributed by atoms with Crippen LogP contribution in [0, 0.1) is 6.92 Å². The molecule has 1 aliphatic heterocycles. The molecular weight excluding hydrogens is 364 g/mol. The van der Waals surface area contributed by atoms with Crippen LogP contribution in [0.3, 0.4) is 0 Å². The van der Waals surface area contributed by atoms with Gasteiger partial charge < -0.3 is 4.74 Å². The van der Waals surface area contributed by atoms with Crippen molar-refractivity contribution < 1.29 is 17.9 Å². The van der Waals surface area contributed by atoms with Gasteiger partial charge in [0.1, 0.15) is 6.10 Å². The van der Waals surface area contributed by atoms with Gasteiger partial charge in [0.05, 0.1) is 11.4 Å². The number of hydrogen-bond acceptors (Lipinski definition) is 4. The van der Waals surface area contributed by atoms with E-state index in [1.165, 1.54) is 17.0 Å². The van der Waals surface area contributed by atoms with Crippen molar-refractivity contribution >= 4 is 33.4 Å². The van der Waals surface area contributed by atoms with Gasteiger partial charge >= 0.3 is 6.09 Å². The molecular formula is C17H17ClN2O4S. The molecule has 2 aromatic carbocycles. The maximum atomic E-state index is 12.3. The summed E-state index contributed by atoms with van der Waals surface area (Å²) in [6, 6.07) is 13.4. The molecule has 132 valence electrons. The number of sulfonamides is 1. The molecule has 1 saturated heterocycles. The summed E-state index contributed by atoms with van der Waals surface area (Å²) < 4.78 is 32.3. The summed E-state index contributed by atoms with van der Waals surface area (Å²) in [5.74, 6) is 0. The molecule has 0 radical (unpaired) electrons. The third kappa shape index (κ3) is 4.12. The van der Waals surface area contributed by atoms with E-state index in [2.05, 4.69) is 4.72 Å². The number of amides is 1. The van der Waals surface area contributed by atoms with Crippen molar-refractivity contribution in [3.8, 4) is 0 Å². The summed E-state index contributed by atoms with van der Waals surface area (Å²) >= 11 is 5.83. The van der Waals surface area contributed by atoms with Gasteiger partial charge in [0.15, 0.2) is 0 Å². The van der Waals surface area contributed by atoms with Gasteiger partial charge in [-0.05, 0) is 37.3 Å². The Balaban J connectivity index is 1.65. The number of carbonyl (C=O) groups excluding carboxylic acids is 1. The average molecular weight is 381 g/mol. The van der Waals surface area contributed by atoms with Crippen molar-refractivity contribution in [3.63, 3.8) is 0 Å². The van der Waals surface area contributed by atoms with Gasteiger partial charge in [0.25, 0.3) is 0 Å². The lowest BCUT2D eigenvalue weighted by molar-refractivity contribution is 0.143. The zero-order valence-electron chi connectivity index (χ0n) is 13.5. The molecule has 1 amide bonds. The van der Waals surface area contributed by atoms with E-state index in [-0.39, 0.29) is 18.0 Å². The molecule has 1 unspecified atom stereocenters. The fourth-order valence-corrected chi connectivity index (χ4v) is 3.85. The number of anilines is 1. The molecule has 1 heterocycles. The Morgan fingerprint density at radius 1 is 1.24 bits per heavy atom. The zero-order valence-corrected chi connectivity index (χ0v) is 15.0. The molecule has 0 aromatic heterocycles. The van der Waals surface area contributed by atoms with Crippen LogP contribution in [0.25, 0.3) is 0 Å². The van der Waals surface area contributed by atoms with Gasteiger partial charge in [0.2, 0.25) is 10.0 Å². The van der Waals surface area contributed by atoms with Crippen molar-refractivity contribution in [3.05, 3.63) is 59.1 Å². The molecule has 3 rings (SSSR count). The van der Waals surface area contributed by atoms with E-state index in [1.54, 1.807) is 12.1 Å². The van der Waals surface area contributed by atoms with E-state index in [1.807, 2.05) is 31.2 Å². The second-order valence-corrected chi connectivity index (χ2v) is 7.96. The SMILES string of the molecule is Cc1ccc(N2CC(CNS(=O)(=O)c3cccc(Cl)c3)OC2=O)cc1. The predicted molar refractivity (Wildman–Crippen MR) is 95.4 cm³/mol. The predicted octanol–water partition coefficient (Wildman–Crippen LogP) is 2.95. The van der Waals surface area contributed by atoms with Crippen LogP contribution < -0.4 is 9.62 Å². The third-order valence-corrected chi connectivity index (χ3v) is 5.48. The fraction of sp³-hybridized carbons (Fsp3) is 0.235. The van der Waals surface area contributed by atoms with Crippen LogP contribution in [0.5, 0.6) is 0 Å². The Kier molecular flexibility index (Phi) is 4.99. The minimum absolute atomic E-state index is 0.0110. The first-order valence-corrected chi connectivity index (χ1v) is 9.51. The number of benzene rings is 2. The van der Waals surface area contributed by atoms with E-state index in [4.69, 9.17) is 16.3 Å². The number of cyclic esters (lactones) is 1.